The molecule has 0 aliphatic rings. The first-order chi connectivity index (χ1) is 10.9. The number of nitrogens with zero attached hydrogens (tertiary/aromatic N) is 1. The van der Waals surface area contributed by atoms with E-state index in [0.29, 0.717) is 18.2 Å². The summed E-state index contributed by atoms with van der Waals surface area (Å²) in [6.07, 6.45) is 1.95. The Bertz CT molecular complexity index is 714. The van der Waals surface area contributed by atoms with Gasteiger partial charge in [-0.1, -0.05) is 17.7 Å². The van der Waals surface area contributed by atoms with Crippen molar-refractivity contribution in [3.8, 4) is 0 Å². The molecular weight excluding hydrogens is 318 g/mol. The third kappa shape index (κ3) is 4.03. The smallest absolute Gasteiger partial charge is 0.239 e. The number of hydrogen-bond acceptors (Lipinski definition) is 3. The lowest BCUT2D eigenvalue weighted by Crippen LogP contribution is -2.48. The Morgan fingerprint density at radius 3 is 2.83 bits per heavy atom. The molecule has 0 fully saturated rings. The van der Waals surface area contributed by atoms with E-state index < -0.39 is 11.9 Å². The second-order valence-corrected chi connectivity index (χ2v) is 5.78. The van der Waals surface area contributed by atoms with Gasteiger partial charge in [0.05, 0.1) is 13.0 Å². The van der Waals surface area contributed by atoms with Crippen molar-refractivity contribution in [2.24, 2.45) is 5.73 Å². The molecule has 0 saturated heterocycles. The van der Waals surface area contributed by atoms with E-state index in [1.807, 2.05) is 6.07 Å². The summed E-state index contributed by atoms with van der Waals surface area (Å²) in [5.74, 6) is -0.718. The first-order valence-electron chi connectivity index (χ1n) is 7.27. The summed E-state index contributed by atoms with van der Waals surface area (Å²) in [7, 11) is 1.54. The fourth-order valence-corrected chi connectivity index (χ4v) is 2.62. The van der Waals surface area contributed by atoms with Crippen LogP contribution in [0.1, 0.15) is 12.5 Å². The number of rotatable bonds is 7. The van der Waals surface area contributed by atoms with Gasteiger partial charge < -0.3 is 20.4 Å². The third-order valence-electron chi connectivity index (χ3n) is 3.81. The molecule has 2 rings (SSSR count). The van der Waals surface area contributed by atoms with Gasteiger partial charge in [0.2, 0.25) is 11.8 Å². The minimum absolute atomic E-state index is 0.170. The summed E-state index contributed by atoms with van der Waals surface area (Å²) in [5, 5.41) is 1.56. The third-order valence-corrected chi connectivity index (χ3v) is 4.04. The number of carbonyl (C=O) groups excluding carboxylic acids is 2. The van der Waals surface area contributed by atoms with Crippen molar-refractivity contribution >= 4 is 34.3 Å². The van der Waals surface area contributed by atoms with E-state index in [1.54, 1.807) is 32.4 Å². The maximum Gasteiger partial charge on any atom is 0.239 e. The van der Waals surface area contributed by atoms with Crippen molar-refractivity contribution in [2.75, 3.05) is 20.3 Å². The lowest BCUT2D eigenvalue weighted by atomic mass is 10.1. The molecule has 3 N–H and O–H groups in total. The highest BCUT2D eigenvalue weighted by atomic mass is 35.5. The number of nitrogens with one attached hydrogen (secondary N) is 1. The maximum absolute atomic E-state index is 12.6. The van der Waals surface area contributed by atoms with Crippen molar-refractivity contribution in [2.45, 2.75) is 19.4 Å². The van der Waals surface area contributed by atoms with Crippen LogP contribution in [-0.4, -0.2) is 48.0 Å². The van der Waals surface area contributed by atoms with Gasteiger partial charge in [-0.15, -0.1) is 0 Å². The number of halogens is 1. The van der Waals surface area contributed by atoms with Gasteiger partial charge in [-0.2, -0.15) is 0 Å². The molecule has 0 aliphatic heterocycles. The van der Waals surface area contributed by atoms with Gasteiger partial charge in [0.15, 0.2) is 0 Å². The fourth-order valence-electron chi connectivity index (χ4n) is 2.45. The molecule has 1 heterocycles. The second-order valence-electron chi connectivity index (χ2n) is 5.34. The van der Waals surface area contributed by atoms with Crippen LogP contribution in [0.5, 0.6) is 0 Å². The van der Waals surface area contributed by atoms with Crippen molar-refractivity contribution in [1.29, 1.82) is 0 Å². The van der Waals surface area contributed by atoms with Crippen LogP contribution in [0.4, 0.5) is 0 Å². The highest BCUT2D eigenvalue weighted by Crippen LogP contribution is 2.23. The summed E-state index contributed by atoms with van der Waals surface area (Å²) in [6, 6.07) is 4.77. The Kier molecular flexibility index (Phi) is 5.63. The standard InChI is InChI=1S/C16H20ClN3O3/c1-10(16(18)22)20(5-6-23-2)15(21)7-11-9-19-14-8-12(17)3-4-13(11)14/h3-4,8-10,19H,5-7H2,1-2H3,(H2,18,22). The van der Waals surface area contributed by atoms with E-state index in [2.05, 4.69) is 4.98 Å². The largest absolute Gasteiger partial charge is 0.383 e. The van der Waals surface area contributed by atoms with Crippen molar-refractivity contribution < 1.29 is 14.3 Å². The van der Waals surface area contributed by atoms with Crippen LogP contribution in [0.2, 0.25) is 5.02 Å². The van der Waals surface area contributed by atoms with Gasteiger partial charge in [0.25, 0.3) is 0 Å². The summed E-state index contributed by atoms with van der Waals surface area (Å²) in [4.78, 5) is 28.6. The quantitative estimate of drug-likeness (QED) is 0.806. The molecule has 6 nitrogen and oxygen atoms in total. The average molecular weight is 338 g/mol. The van der Waals surface area contributed by atoms with E-state index in [1.165, 1.54) is 4.90 Å². The molecule has 1 atom stereocenters. The number of primary amides is 1. The number of H-pyrrole nitrogens is 1. The van der Waals surface area contributed by atoms with Crippen LogP contribution >= 0.6 is 11.6 Å². The zero-order valence-corrected chi connectivity index (χ0v) is 13.9. The number of ether oxygens (including phenoxy) is 1. The predicted molar refractivity (Wildman–Crippen MR) is 89.3 cm³/mol. The Balaban J connectivity index is 2.20. The topological polar surface area (TPSA) is 88.4 Å². The molecular formula is C16H20ClN3O3. The zero-order valence-electron chi connectivity index (χ0n) is 13.1. The SMILES string of the molecule is COCCN(C(=O)Cc1c[nH]c2cc(Cl)ccc12)C(C)C(N)=O. The highest BCUT2D eigenvalue weighted by molar-refractivity contribution is 6.31. The maximum atomic E-state index is 12.6. The Morgan fingerprint density at radius 2 is 2.17 bits per heavy atom. The van der Waals surface area contributed by atoms with Crippen LogP contribution in [-0.2, 0) is 20.7 Å². The molecule has 2 amide bonds. The monoisotopic (exact) mass is 337 g/mol. The van der Waals surface area contributed by atoms with Crippen LogP contribution in [0.3, 0.4) is 0 Å². The fraction of sp³-hybridized carbons (Fsp3) is 0.375. The van der Waals surface area contributed by atoms with Gasteiger partial charge in [-0.3, -0.25) is 9.59 Å². The molecule has 0 saturated carbocycles. The highest BCUT2D eigenvalue weighted by Gasteiger charge is 2.24. The molecule has 124 valence electrons. The molecule has 0 aliphatic carbocycles. The van der Waals surface area contributed by atoms with Crippen LogP contribution in [0.15, 0.2) is 24.4 Å². The number of methoxy groups -OCH3 is 1. The second kappa shape index (κ2) is 7.48. The van der Waals surface area contributed by atoms with Gasteiger partial charge in [-0.25, -0.2) is 0 Å². The minimum Gasteiger partial charge on any atom is -0.383 e. The molecule has 0 spiro atoms. The molecule has 1 aromatic heterocycles. The molecule has 1 aromatic carbocycles. The van der Waals surface area contributed by atoms with Crippen molar-refractivity contribution in [3.05, 3.63) is 35.0 Å². The van der Waals surface area contributed by atoms with E-state index in [9.17, 15) is 9.59 Å². The first-order valence-corrected chi connectivity index (χ1v) is 7.65. The molecule has 0 bridgehead atoms. The zero-order chi connectivity index (χ0) is 17.0. The molecule has 0 radical (unpaired) electrons. The average Bonchev–Trinajstić information content (AvgIpc) is 2.89. The van der Waals surface area contributed by atoms with Crippen LogP contribution in [0, 0.1) is 0 Å². The number of benzene rings is 1. The number of aromatic amines is 1. The predicted octanol–water partition coefficient (Wildman–Crippen LogP) is 1.71. The normalized spacial score (nSPS) is 12.3. The Hall–Kier alpha value is -2.05. The Labute approximate surface area is 139 Å². The van der Waals surface area contributed by atoms with E-state index >= 15 is 0 Å². The summed E-state index contributed by atoms with van der Waals surface area (Å²) < 4.78 is 5.00. The number of carbonyl (C=O) groups is 2. The molecule has 23 heavy (non-hydrogen) atoms. The lowest BCUT2D eigenvalue weighted by molar-refractivity contribution is -0.138. The molecule has 1 unspecified atom stereocenters. The molecule has 2 aromatic rings. The van der Waals surface area contributed by atoms with Gasteiger partial charge >= 0.3 is 0 Å². The van der Waals surface area contributed by atoms with Crippen molar-refractivity contribution in [1.82, 2.24) is 9.88 Å². The summed E-state index contributed by atoms with van der Waals surface area (Å²) in [5.41, 5.74) is 7.05. The Morgan fingerprint density at radius 1 is 1.43 bits per heavy atom. The van der Waals surface area contributed by atoms with Crippen LogP contribution in [0.25, 0.3) is 10.9 Å². The minimum atomic E-state index is -0.683. The van der Waals surface area contributed by atoms with Gasteiger partial charge in [0.1, 0.15) is 6.04 Å². The number of fused-ring (bicyclic) bond motifs is 1. The number of amides is 2. The van der Waals surface area contributed by atoms with Gasteiger partial charge in [-0.05, 0) is 24.6 Å². The van der Waals surface area contributed by atoms with E-state index in [0.717, 1.165) is 16.5 Å². The summed E-state index contributed by atoms with van der Waals surface area (Å²) >= 11 is 5.96. The van der Waals surface area contributed by atoms with Crippen molar-refractivity contribution in [3.63, 3.8) is 0 Å². The lowest BCUT2D eigenvalue weighted by Gasteiger charge is -2.27. The van der Waals surface area contributed by atoms with E-state index in [-0.39, 0.29) is 12.3 Å². The van der Waals surface area contributed by atoms with Crippen LogP contribution < -0.4 is 5.73 Å². The number of aromatic nitrogens is 1. The first kappa shape index (κ1) is 17.3. The number of hydrogen-bond donors (Lipinski definition) is 2. The number of nitrogens with two attached hydrogens (primary N) is 1. The summed E-state index contributed by atoms with van der Waals surface area (Å²) in [6.45, 7) is 2.27. The van der Waals surface area contributed by atoms with Gasteiger partial charge in [0, 0.05) is 35.8 Å². The van der Waals surface area contributed by atoms with E-state index in [4.69, 9.17) is 22.1 Å². The molecule has 7 heteroatoms.